The van der Waals surface area contributed by atoms with Crippen molar-refractivity contribution in [3.05, 3.63) is 63.2 Å². The van der Waals surface area contributed by atoms with Crippen LogP contribution < -0.4 is 10.4 Å². The predicted octanol–water partition coefficient (Wildman–Crippen LogP) is 2.57. The Morgan fingerprint density at radius 1 is 1.20 bits per heavy atom. The molecule has 1 amide bonds. The van der Waals surface area contributed by atoms with Gasteiger partial charge in [0, 0.05) is 22.3 Å². The molecule has 20 heavy (non-hydrogen) atoms. The zero-order chi connectivity index (χ0) is 14.7. The van der Waals surface area contributed by atoms with Crippen molar-refractivity contribution in [3.63, 3.8) is 0 Å². The smallest absolute Gasteiger partial charge is 0.264 e. The van der Waals surface area contributed by atoms with E-state index >= 15 is 0 Å². The molecule has 0 aliphatic heterocycles. The molecule has 2 aromatic carbocycles. The molecule has 6 nitrogen and oxygen atoms in total. The maximum atomic E-state index is 12.0. The molecule has 0 radical (unpaired) electrons. The number of para-hydroxylation sites is 1. The van der Waals surface area contributed by atoms with Gasteiger partial charge in [0.25, 0.3) is 11.6 Å². The molecule has 102 valence electrons. The minimum Gasteiger partial charge on any atom is -0.867 e. The highest BCUT2D eigenvalue weighted by molar-refractivity contribution is 6.31. The van der Waals surface area contributed by atoms with Crippen molar-refractivity contribution in [1.29, 1.82) is 0 Å². The van der Waals surface area contributed by atoms with Crippen LogP contribution in [0.5, 0.6) is 5.75 Å². The Kier molecular flexibility index (Phi) is 3.86. The van der Waals surface area contributed by atoms with Gasteiger partial charge in [0.05, 0.1) is 4.92 Å². The first kappa shape index (κ1) is 13.8. The zero-order valence-electron chi connectivity index (χ0n) is 10.00. The summed E-state index contributed by atoms with van der Waals surface area (Å²) in [6.45, 7) is 0. The number of hydrogen-bond donors (Lipinski definition) is 1. The number of nitro benzene ring substituents is 1. The molecule has 0 spiro atoms. The van der Waals surface area contributed by atoms with Gasteiger partial charge < -0.3 is 10.4 Å². The predicted molar refractivity (Wildman–Crippen MR) is 71.9 cm³/mol. The summed E-state index contributed by atoms with van der Waals surface area (Å²) in [4.78, 5) is 21.8. The highest BCUT2D eigenvalue weighted by atomic mass is 35.5. The monoisotopic (exact) mass is 291 g/mol. The van der Waals surface area contributed by atoms with Crippen LogP contribution in [-0.4, -0.2) is 10.8 Å². The molecule has 0 aromatic heterocycles. The number of halogens is 1. The van der Waals surface area contributed by atoms with Crippen LogP contribution in [0, 0.1) is 10.1 Å². The molecule has 0 atom stereocenters. The van der Waals surface area contributed by atoms with Crippen molar-refractivity contribution in [2.75, 3.05) is 5.32 Å². The first-order valence-electron chi connectivity index (χ1n) is 5.50. The Morgan fingerprint density at radius 2 is 1.85 bits per heavy atom. The van der Waals surface area contributed by atoms with Gasteiger partial charge >= 0.3 is 0 Å². The Labute approximate surface area is 118 Å². The lowest BCUT2D eigenvalue weighted by Gasteiger charge is -2.14. The third-order valence-electron chi connectivity index (χ3n) is 2.51. The van der Waals surface area contributed by atoms with E-state index in [9.17, 15) is 20.0 Å². The van der Waals surface area contributed by atoms with E-state index in [1.54, 1.807) is 30.3 Å². The van der Waals surface area contributed by atoms with E-state index in [0.717, 1.165) is 12.1 Å². The normalized spacial score (nSPS) is 10.1. The quantitative estimate of drug-likeness (QED) is 0.694. The largest absolute Gasteiger partial charge is 0.867 e. The second-order valence-electron chi connectivity index (χ2n) is 3.88. The molecule has 1 N–H and O–H groups in total. The highest BCUT2D eigenvalue weighted by Crippen LogP contribution is 2.31. The molecular weight excluding hydrogens is 284 g/mol. The molecule has 2 aromatic rings. The molecular formula is C13H8ClN2O4-. The van der Waals surface area contributed by atoms with E-state index in [1.165, 1.54) is 0 Å². The molecule has 0 saturated heterocycles. The summed E-state index contributed by atoms with van der Waals surface area (Å²) in [6, 6.07) is 10.4. The highest BCUT2D eigenvalue weighted by Gasteiger charge is 2.17. The summed E-state index contributed by atoms with van der Waals surface area (Å²) in [5.41, 5.74) is -0.622. The molecule has 0 aliphatic carbocycles. The third-order valence-corrected chi connectivity index (χ3v) is 2.73. The number of carbonyl (C=O) groups is 1. The average molecular weight is 292 g/mol. The topological polar surface area (TPSA) is 95.3 Å². The van der Waals surface area contributed by atoms with Crippen LogP contribution in [0.25, 0.3) is 0 Å². The SMILES string of the molecule is O=C(Nc1ccccc1)c1cc(Cl)cc([N+](=O)[O-])c1[O-]. The lowest BCUT2D eigenvalue weighted by atomic mass is 10.1. The van der Waals surface area contributed by atoms with Crippen molar-refractivity contribution in [3.8, 4) is 5.75 Å². The van der Waals surface area contributed by atoms with Gasteiger partial charge in [0.2, 0.25) is 0 Å². The van der Waals surface area contributed by atoms with Crippen LogP contribution in [0.3, 0.4) is 0 Å². The van der Waals surface area contributed by atoms with Gasteiger partial charge in [-0.05, 0) is 23.9 Å². The van der Waals surface area contributed by atoms with Gasteiger partial charge in [0.15, 0.2) is 0 Å². The minimum absolute atomic E-state index is 0.0467. The van der Waals surface area contributed by atoms with Crippen molar-refractivity contribution >= 4 is 28.9 Å². The van der Waals surface area contributed by atoms with Crippen molar-refractivity contribution in [2.45, 2.75) is 0 Å². The molecule has 0 unspecified atom stereocenters. The summed E-state index contributed by atoms with van der Waals surface area (Å²) < 4.78 is 0. The molecule has 7 heteroatoms. The molecule has 0 heterocycles. The number of benzene rings is 2. The van der Waals surface area contributed by atoms with E-state index in [4.69, 9.17) is 11.6 Å². The fourth-order valence-corrected chi connectivity index (χ4v) is 1.82. The van der Waals surface area contributed by atoms with Gasteiger partial charge in [-0.2, -0.15) is 0 Å². The average Bonchev–Trinajstić information content (AvgIpc) is 2.41. The Balaban J connectivity index is 2.37. The summed E-state index contributed by atoms with van der Waals surface area (Å²) >= 11 is 5.69. The number of anilines is 1. The van der Waals surface area contributed by atoms with Crippen molar-refractivity contribution in [2.24, 2.45) is 0 Å². The maximum Gasteiger partial charge on any atom is 0.264 e. The lowest BCUT2D eigenvalue weighted by Crippen LogP contribution is -2.15. The maximum absolute atomic E-state index is 12.0. The van der Waals surface area contributed by atoms with Crippen LogP contribution in [-0.2, 0) is 0 Å². The van der Waals surface area contributed by atoms with Crippen LogP contribution in [0.2, 0.25) is 5.02 Å². The number of amides is 1. The Morgan fingerprint density at radius 3 is 2.45 bits per heavy atom. The van der Waals surface area contributed by atoms with Crippen molar-refractivity contribution < 1.29 is 14.8 Å². The second-order valence-corrected chi connectivity index (χ2v) is 4.32. The van der Waals surface area contributed by atoms with Gasteiger partial charge in [-0.15, -0.1) is 0 Å². The summed E-state index contributed by atoms with van der Waals surface area (Å²) in [7, 11) is 0. The van der Waals surface area contributed by atoms with Crippen LogP contribution in [0.1, 0.15) is 10.4 Å². The Bertz CT molecular complexity index is 674. The van der Waals surface area contributed by atoms with E-state index in [2.05, 4.69) is 5.32 Å². The fraction of sp³-hybridized carbons (Fsp3) is 0. The van der Waals surface area contributed by atoms with Gasteiger partial charge in [-0.25, -0.2) is 0 Å². The number of nitrogens with zero attached hydrogens (tertiary/aromatic N) is 1. The first-order valence-corrected chi connectivity index (χ1v) is 5.88. The standard InChI is InChI=1S/C13H9ClN2O4/c14-8-6-10(12(17)11(7-8)16(19)20)13(18)15-9-4-2-1-3-5-9/h1-7,17H,(H,15,18)/p-1. The lowest BCUT2D eigenvalue weighted by molar-refractivity contribution is -0.398. The second kappa shape index (κ2) is 5.58. The van der Waals surface area contributed by atoms with Crippen LogP contribution in [0.15, 0.2) is 42.5 Å². The fourth-order valence-electron chi connectivity index (χ4n) is 1.60. The minimum atomic E-state index is -0.965. The zero-order valence-corrected chi connectivity index (χ0v) is 10.8. The van der Waals surface area contributed by atoms with Crippen LogP contribution >= 0.6 is 11.6 Å². The number of carbonyl (C=O) groups excluding carboxylic acids is 1. The van der Waals surface area contributed by atoms with Crippen molar-refractivity contribution in [1.82, 2.24) is 0 Å². The van der Waals surface area contributed by atoms with E-state index in [-0.39, 0.29) is 10.6 Å². The molecule has 0 aliphatic rings. The van der Waals surface area contributed by atoms with E-state index in [1.807, 2.05) is 0 Å². The van der Waals surface area contributed by atoms with E-state index in [0.29, 0.717) is 5.69 Å². The van der Waals surface area contributed by atoms with E-state index < -0.39 is 22.3 Å². The van der Waals surface area contributed by atoms with Gasteiger partial charge in [0.1, 0.15) is 0 Å². The summed E-state index contributed by atoms with van der Waals surface area (Å²) in [5, 5.41) is 25.0. The summed E-state index contributed by atoms with van der Waals surface area (Å²) in [6.07, 6.45) is 0. The van der Waals surface area contributed by atoms with Gasteiger partial charge in [-0.3, -0.25) is 14.9 Å². The number of nitro groups is 1. The Hall–Kier alpha value is -2.60. The molecule has 0 bridgehead atoms. The number of rotatable bonds is 3. The first-order chi connectivity index (χ1) is 9.49. The third kappa shape index (κ3) is 2.86. The molecule has 2 rings (SSSR count). The van der Waals surface area contributed by atoms with Crippen LogP contribution in [0.4, 0.5) is 11.4 Å². The summed E-state index contributed by atoms with van der Waals surface area (Å²) in [5.74, 6) is -1.71. The molecule has 0 saturated carbocycles. The van der Waals surface area contributed by atoms with Gasteiger partial charge in [-0.1, -0.05) is 29.8 Å². The molecule has 0 fully saturated rings. The number of hydrogen-bond acceptors (Lipinski definition) is 4. The number of nitrogens with one attached hydrogen (secondary N) is 1.